The third-order valence-corrected chi connectivity index (χ3v) is 5.13. The van der Waals surface area contributed by atoms with Gasteiger partial charge in [-0.1, -0.05) is 49.4 Å². The third kappa shape index (κ3) is 6.27. The van der Waals surface area contributed by atoms with Gasteiger partial charge in [-0.3, -0.25) is 30.6 Å². The molecule has 0 bridgehead atoms. The van der Waals surface area contributed by atoms with Gasteiger partial charge in [0.25, 0.3) is 5.91 Å². The van der Waals surface area contributed by atoms with Gasteiger partial charge in [-0.2, -0.15) is 0 Å². The van der Waals surface area contributed by atoms with Crippen LogP contribution in [0.5, 0.6) is 5.75 Å². The highest BCUT2D eigenvalue weighted by molar-refractivity contribution is 7.80. The highest BCUT2D eigenvalue weighted by Crippen LogP contribution is 2.20. The predicted molar refractivity (Wildman–Crippen MR) is 124 cm³/mol. The molecule has 0 radical (unpaired) electrons. The summed E-state index contributed by atoms with van der Waals surface area (Å²) >= 11 is 5.11. The number of carbonyl (C=O) groups excluding carboxylic acids is 3. The number of benzene rings is 2. The van der Waals surface area contributed by atoms with E-state index < -0.39 is 11.8 Å². The molecule has 3 amide bonds. The van der Waals surface area contributed by atoms with Crippen LogP contribution in [-0.4, -0.2) is 40.9 Å². The van der Waals surface area contributed by atoms with Crippen LogP contribution >= 0.6 is 12.2 Å². The number of ether oxygens (including phenoxy) is 1. The molecule has 1 heterocycles. The summed E-state index contributed by atoms with van der Waals surface area (Å²) in [6, 6.07) is 16.5. The van der Waals surface area contributed by atoms with Crippen LogP contribution in [0.4, 0.5) is 0 Å². The summed E-state index contributed by atoms with van der Waals surface area (Å²) in [6.07, 6.45) is 0.940. The zero-order valence-electron chi connectivity index (χ0n) is 17.8. The summed E-state index contributed by atoms with van der Waals surface area (Å²) in [4.78, 5) is 38.9. The van der Waals surface area contributed by atoms with Crippen molar-refractivity contribution in [2.45, 2.75) is 26.3 Å². The zero-order valence-corrected chi connectivity index (χ0v) is 18.6. The van der Waals surface area contributed by atoms with Crippen LogP contribution in [-0.2, 0) is 16.1 Å². The molecule has 1 atom stereocenters. The van der Waals surface area contributed by atoms with Crippen LogP contribution in [0, 0.1) is 5.92 Å². The monoisotopic (exact) mass is 454 g/mol. The number of amides is 3. The molecule has 1 unspecified atom stereocenters. The van der Waals surface area contributed by atoms with Crippen molar-refractivity contribution in [2.24, 2.45) is 5.92 Å². The Morgan fingerprint density at radius 2 is 1.81 bits per heavy atom. The van der Waals surface area contributed by atoms with Crippen molar-refractivity contribution in [2.75, 3.05) is 13.2 Å². The van der Waals surface area contributed by atoms with E-state index in [1.807, 2.05) is 37.3 Å². The van der Waals surface area contributed by atoms with Gasteiger partial charge in [0.15, 0.2) is 5.11 Å². The standard InChI is InChI=1S/C23H26N4O4S/c1-2-12-31-19-11-7-6-10-18(19)22(30)24-23(32)26-25-21(29)17-13-20(28)27(15-17)14-16-8-4-3-5-9-16/h3-11,17H,2,12-15H2,1H3,(H,25,29)(H2,24,26,30,32). The summed E-state index contributed by atoms with van der Waals surface area (Å²) in [6.45, 7) is 3.25. The van der Waals surface area contributed by atoms with E-state index >= 15 is 0 Å². The lowest BCUT2D eigenvalue weighted by atomic mass is 10.1. The number of nitrogens with one attached hydrogen (secondary N) is 3. The van der Waals surface area contributed by atoms with Crippen molar-refractivity contribution in [1.82, 2.24) is 21.1 Å². The maximum absolute atomic E-state index is 12.5. The van der Waals surface area contributed by atoms with Gasteiger partial charge in [0.2, 0.25) is 11.8 Å². The number of thiocarbonyl (C=S) groups is 1. The summed E-state index contributed by atoms with van der Waals surface area (Å²) in [5.74, 6) is -0.929. The first kappa shape index (κ1) is 23.2. The van der Waals surface area contributed by atoms with Crippen LogP contribution in [0.3, 0.4) is 0 Å². The van der Waals surface area contributed by atoms with Crippen molar-refractivity contribution in [3.8, 4) is 5.75 Å². The first-order chi connectivity index (χ1) is 15.5. The molecule has 1 aliphatic rings. The number of likely N-dealkylation sites (tertiary alicyclic amines) is 1. The van der Waals surface area contributed by atoms with Crippen LogP contribution < -0.4 is 20.9 Å². The van der Waals surface area contributed by atoms with E-state index in [0.717, 1.165) is 12.0 Å². The van der Waals surface area contributed by atoms with Crippen LogP contribution in [0.2, 0.25) is 0 Å². The van der Waals surface area contributed by atoms with E-state index in [4.69, 9.17) is 17.0 Å². The zero-order chi connectivity index (χ0) is 22.9. The van der Waals surface area contributed by atoms with E-state index in [2.05, 4.69) is 16.2 Å². The predicted octanol–water partition coefficient (Wildman–Crippen LogP) is 2.16. The van der Waals surface area contributed by atoms with E-state index in [9.17, 15) is 14.4 Å². The van der Waals surface area contributed by atoms with Gasteiger partial charge >= 0.3 is 0 Å². The molecule has 3 N–H and O–H groups in total. The molecule has 2 aromatic carbocycles. The minimum Gasteiger partial charge on any atom is -0.493 e. The van der Waals surface area contributed by atoms with E-state index in [1.165, 1.54) is 0 Å². The molecule has 9 heteroatoms. The molecule has 0 aliphatic carbocycles. The van der Waals surface area contributed by atoms with E-state index in [1.54, 1.807) is 29.2 Å². The first-order valence-corrected chi connectivity index (χ1v) is 10.8. The van der Waals surface area contributed by atoms with Crippen molar-refractivity contribution in [3.05, 3.63) is 65.7 Å². The second-order valence-electron chi connectivity index (χ2n) is 7.40. The van der Waals surface area contributed by atoms with Crippen LogP contribution in [0.25, 0.3) is 0 Å². The molecule has 168 valence electrons. The maximum Gasteiger partial charge on any atom is 0.261 e. The average Bonchev–Trinajstić information content (AvgIpc) is 3.17. The van der Waals surface area contributed by atoms with Gasteiger partial charge in [-0.15, -0.1) is 0 Å². The third-order valence-electron chi connectivity index (χ3n) is 4.92. The van der Waals surface area contributed by atoms with Crippen molar-refractivity contribution >= 4 is 35.1 Å². The highest BCUT2D eigenvalue weighted by Gasteiger charge is 2.34. The highest BCUT2D eigenvalue weighted by atomic mass is 32.1. The quantitative estimate of drug-likeness (QED) is 0.438. The molecule has 32 heavy (non-hydrogen) atoms. The minimum absolute atomic E-state index is 0.0564. The number of nitrogens with zero attached hydrogens (tertiary/aromatic N) is 1. The Balaban J connectivity index is 1.47. The Morgan fingerprint density at radius 1 is 1.09 bits per heavy atom. The summed E-state index contributed by atoms with van der Waals surface area (Å²) in [7, 11) is 0. The number of hydrogen-bond donors (Lipinski definition) is 3. The SMILES string of the molecule is CCCOc1ccccc1C(=O)NC(=S)NNC(=O)C1CC(=O)N(Cc2ccccc2)C1. The van der Waals surface area contributed by atoms with E-state index in [-0.39, 0.29) is 23.3 Å². The lowest BCUT2D eigenvalue weighted by Gasteiger charge is -2.17. The Labute approximate surface area is 192 Å². The summed E-state index contributed by atoms with van der Waals surface area (Å²) in [5, 5.41) is 2.46. The molecular weight excluding hydrogens is 428 g/mol. The minimum atomic E-state index is -0.500. The smallest absolute Gasteiger partial charge is 0.261 e. The summed E-state index contributed by atoms with van der Waals surface area (Å²) in [5.41, 5.74) is 6.36. The molecule has 0 saturated carbocycles. The van der Waals surface area contributed by atoms with Gasteiger partial charge in [0.05, 0.1) is 18.1 Å². The fourth-order valence-corrected chi connectivity index (χ4v) is 3.46. The average molecular weight is 455 g/mol. The second-order valence-corrected chi connectivity index (χ2v) is 7.81. The molecule has 2 aromatic rings. The first-order valence-electron chi connectivity index (χ1n) is 10.4. The number of rotatable bonds is 7. The van der Waals surface area contributed by atoms with Gasteiger partial charge in [0.1, 0.15) is 5.75 Å². The molecule has 8 nitrogen and oxygen atoms in total. The Morgan fingerprint density at radius 3 is 2.56 bits per heavy atom. The maximum atomic E-state index is 12.5. The number of para-hydroxylation sites is 1. The lowest BCUT2D eigenvalue weighted by Crippen LogP contribution is -2.50. The molecule has 1 aliphatic heterocycles. The fraction of sp³-hybridized carbons (Fsp3) is 0.304. The number of hydrogen-bond acceptors (Lipinski definition) is 5. The van der Waals surface area contributed by atoms with Gasteiger partial charge in [0, 0.05) is 19.5 Å². The van der Waals surface area contributed by atoms with Gasteiger partial charge < -0.3 is 9.64 Å². The molecule has 1 saturated heterocycles. The number of carbonyl (C=O) groups is 3. The Kier molecular flexibility index (Phi) is 8.15. The van der Waals surface area contributed by atoms with Crippen LogP contribution in [0.15, 0.2) is 54.6 Å². The normalized spacial score (nSPS) is 15.2. The molecule has 3 rings (SSSR count). The molecule has 1 fully saturated rings. The molecular formula is C23H26N4O4S. The fourth-order valence-electron chi connectivity index (χ4n) is 3.32. The van der Waals surface area contributed by atoms with Gasteiger partial charge in [-0.05, 0) is 36.3 Å². The molecule has 0 aromatic heterocycles. The van der Waals surface area contributed by atoms with Crippen molar-refractivity contribution < 1.29 is 19.1 Å². The lowest BCUT2D eigenvalue weighted by molar-refractivity contribution is -0.129. The van der Waals surface area contributed by atoms with Crippen LogP contribution in [0.1, 0.15) is 35.7 Å². The Bertz CT molecular complexity index is 983. The Hall–Kier alpha value is -3.46. The van der Waals surface area contributed by atoms with Gasteiger partial charge in [-0.25, -0.2) is 0 Å². The molecule has 0 spiro atoms. The van der Waals surface area contributed by atoms with E-state index in [0.29, 0.717) is 31.0 Å². The number of hydrazine groups is 1. The topological polar surface area (TPSA) is 99.8 Å². The van der Waals surface area contributed by atoms with Crippen molar-refractivity contribution in [3.63, 3.8) is 0 Å². The largest absolute Gasteiger partial charge is 0.493 e. The second kappa shape index (κ2) is 11.2. The summed E-state index contributed by atoms with van der Waals surface area (Å²) < 4.78 is 5.59. The van der Waals surface area contributed by atoms with Crippen molar-refractivity contribution in [1.29, 1.82) is 0 Å².